The van der Waals surface area contributed by atoms with E-state index in [2.05, 4.69) is 168 Å². The van der Waals surface area contributed by atoms with E-state index in [1.165, 1.54) is 11.1 Å². The molecule has 0 unspecified atom stereocenters. The molecular weight excluding hydrogens is 1220 g/mol. The summed E-state index contributed by atoms with van der Waals surface area (Å²) in [5.74, 6) is 0. The topological polar surface area (TPSA) is 13.1 Å². The Labute approximate surface area is 600 Å². The number of para-hydroxylation sites is 3. The first-order valence-electron chi connectivity index (χ1n) is 40.1. The van der Waals surface area contributed by atoms with Gasteiger partial charge in [0.2, 0.25) is 6.71 Å². The smallest absolute Gasteiger partial charge is 0.249 e. The molecule has 0 radical (unpaired) electrons. The van der Waals surface area contributed by atoms with Crippen molar-refractivity contribution >= 4 is 127 Å². The number of aromatic nitrogens is 2. The third-order valence-corrected chi connectivity index (χ3v) is 22.1. The lowest BCUT2D eigenvalue weighted by Crippen LogP contribution is -2.60. The molecule has 0 saturated heterocycles. The maximum atomic E-state index is 10.6. The van der Waals surface area contributed by atoms with Crippen LogP contribution in [0.3, 0.4) is 0 Å². The highest BCUT2D eigenvalue weighted by molar-refractivity contribution is 8.00. The summed E-state index contributed by atoms with van der Waals surface area (Å²) in [6.07, 6.45) is 0. The van der Waals surface area contributed by atoms with Crippen molar-refractivity contribution in [2.24, 2.45) is 0 Å². The molecule has 19 rings (SSSR count). The van der Waals surface area contributed by atoms with Gasteiger partial charge in [0.25, 0.3) is 0 Å². The quantitative estimate of drug-likeness (QED) is 0.141. The van der Waals surface area contributed by atoms with Gasteiger partial charge in [0.15, 0.2) is 0 Å². The van der Waals surface area contributed by atoms with Crippen LogP contribution >= 0.6 is 23.1 Å². The van der Waals surface area contributed by atoms with Crippen molar-refractivity contribution in [1.82, 2.24) is 9.13 Å². The van der Waals surface area contributed by atoms with E-state index in [1.54, 1.807) is 27.7 Å². The summed E-state index contributed by atoms with van der Waals surface area (Å²) in [4.78, 5) is 4.38. The second kappa shape index (κ2) is 22.3. The highest BCUT2D eigenvalue weighted by atomic mass is 32.2. The van der Waals surface area contributed by atoms with Crippen molar-refractivity contribution in [2.45, 2.75) is 62.2 Å². The fourth-order valence-corrected chi connectivity index (χ4v) is 17.4. The van der Waals surface area contributed by atoms with E-state index in [-0.39, 0.29) is 114 Å². The minimum absolute atomic E-state index is 0.00362. The van der Waals surface area contributed by atoms with Gasteiger partial charge in [-0.1, -0.05) is 289 Å². The van der Waals surface area contributed by atoms with Crippen LogP contribution in [0.4, 0.5) is 17.1 Å². The molecular formula is C92H68BN3S2. The normalized spacial score (nSPS) is 14.9. The molecule has 466 valence electrons. The number of benzene rings is 14. The van der Waals surface area contributed by atoms with Gasteiger partial charge in [-0.25, -0.2) is 0 Å². The van der Waals surface area contributed by atoms with Crippen LogP contribution in [0.1, 0.15) is 71.9 Å². The summed E-state index contributed by atoms with van der Waals surface area (Å²) in [6, 6.07) is 69.3. The largest absolute Gasteiger partial charge is 0.310 e. The summed E-state index contributed by atoms with van der Waals surface area (Å²) in [6.45, 7) is 13.0. The van der Waals surface area contributed by atoms with Gasteiger partial charge in [-0.05, 0) is 150 Å². The van der Waals surface area contributed by atoms with Gasteiger partial charge < -0.3 is 14.0 Å². The van der Waals surface area contributed by atoms with Gasteiger partial charge in [0.1, 0.15) is 0 Å². The first-order chi connectivity index (χ1) is 53.7. The Morgan fingerprint density at radius 3 is 1.43 bits per heavy atom. The highest BCUT2D eigenvalue weighted by Gasteiger charge is 2.44. The van der Waals surface area contributed by atoms with Crippen LogP contribution in [-0.2, 0) is 10.8 Å². The van der Waals surface area contributed by atoms with Crippen molar-refractivity contribution in [2.75, 3.05) is 4.90 Å². The van der Waals surface area contributed by atoms with Crippen LogP contribution in [0, 0.1) is 0 Å². The van der Waals surface area contributed by atoms with Crippen LogP contribution < -0.4 is 21.3 Å². The lowest BCUT2D eigenvalue weighted by Gasteiger charge is -2.42. The molecule has 14 aromatic carbocycles. The van der Waals surface area contributed by atoms with Crippen molar-refractivity contribution in [1.29, 1.82) is 0 Å². The van der Waals surface area contributed by atoms with E-state index < -0.39 is 43.0 Å². The van der Waals surface area contributed by atoms with E-state index in [9.17, 15) is 13.7 Å². The molecule has 3 aromatic heterocycles. The van der Waals surface area contributed by atoms with Gasteiger partial charge in [-0.15, -0.1) is 11.3 Å². The van der Waals surface area contributed by atoms with Crippen molar-refractivity contribution in [3.63, 3.8) is 0 Å². The molecule has 0 bridgehead atoms. The molecule has 0 aliphatic carbocycles. The van der Waals surface area contributed by atoms with E-state index in [0.717, 1.165) is 96.8 Å². The molecule has 6 heteroatoms. The van der Waals surface area contributed by atoms with Crippen molar-refractivity contribution in [3.05, 3.63) is 314 Å². The monoisotopic (exact) mass is 1300 g/mol. The third kappa shape index (κ3) is 9.33. The molecule has 2 aliphatic rings. The molecule has 0 amide bonds. The van der Waals surface area contributed by atoms with Crippen molar-refractivity contribution < 1.29 is 19.2 Å². The molecule has 0 saturated carbocycles. The SMILES string of the molecule is [2H]c1c([2H])c([2H])c2c(c1[2H])c1c([2H])c([2H])c([2H])c([2H])c1n2-c1ccc2sc3ccc4c(c3c2c1)Sc1cc(-c2cc(C(C)(C)C)cc(C(C)(C)C)c2)cc2c1B4c1ccc(-n3c4c([2H])c(-c5ccccc5)c([2H])c([2H])c4c4c([2H])c([2H])c(-c5ccccc5)c([2H])c43)cc1N2c1c(-c2ccccc2)cccc1-c1ccccc1. The number of hydrogen-bond donors (Lipinski definition) is 0. The Morgan fingerprint density at radius 2 is 0.857 bits per heavy atom. The summed E-state index contributed by atoms with van der Waals surface area (Å²) in [5.41, 5.74) is 16.0. The zero-order chi connectivity index (χ0) is 77.9. The molecule has 17 aromatic rings. The van der Waals surface area contributed by atoms with Gasteiger partial charge in [-0.2, -0.15) is 0 Å². The molecule has 0 N–H and O–H groups in total. The third-order valence-electron chi connectivity index (χ3n) is 19.7. The number of nitrogens with zero attached hydrogens (tertiary/aromatic N) is 3. The Hall–Kier alpha value is -10.9. The summed E-state index contributed by atoms with van der Waals surface area (Å²) < 4.78 is 140. The van der Waals surface area contributed by atoms with Crippen LogP contribution in [-0.4, -0.2) is 15.8 Å². The van der Waals surface area contributed by atoms with Gasteiger partial charge in [-0.3, -0.25) is 0 Å². The van der Waals surface area contributed by atoms with Gasteiger partial charge in [0.05, 0.1) is 46.9 Å². The predicted molar refractivity (Wildman–Crippen MR) is 422 cm³/mol. The lowest BCUT2D eigenvalue weighted by molar-refractivity contribution is 0.569. The molecule has 0 fully saturated rings. The second-order valence-corrected chi connectivity index (χ2v) is 29.8. The van der Waals surface area contributed by atoms with E-state index in [1.807, 2.05) is 102 Å². The summed E-state index contributed by atoms with van der Waals surface area (Å²) in [5, 5.41) is 1.99. The standard InChI is InChI=1S/C92H68BN3S2/c1-91(2,3)65-48-63(49-66(54-65)92(4,5)6)64-52-83-88-86(53-64)98-90-77(45-47-85-87(90)75-55-67(41-46-84(75)97-85)94-78-36-21-19-32-71(78)72-33-20-22-37-79(72)94)93(88)76-44-40-68(56-82(76)96(83)89-69(59-28-15-9-16-29-59)34-23-35-70(89)60-30-17-10-18-31-60)95-80-50-61(57-24-11-7-12-25-57)38-42-73(80)74-43-39-62(51-81(74)95)58-26-13-8-14-27-58/h7-56H,1-6H3/i19D,20D,21D,22D,32D,33D,36D,37D,38D,39D,42D,43D,50D,51D. The Balaban J connectivity index is 0.972. The number of hydrogen-bond acceptors (Lipinski definition) is 3. The maximum Gasteiger partial charge on any atom is 0.249 e. The number of fused-ring (bicyclic) bond motifs is 14. The minimum atomic E-state index is -0.515. The Kier molecular flexibility index (Phi) is 10.4. The lowest BCUT2D eigenvalue weighted by atomic mass is 9.34. The zero-order valence-corrected chi connectivity index (χ0v) is 56.2. The van der Waals surface area contributed by atoms with Crippen LogP contribution in [0.25, 0.3) is 131 Å². The summed E-state index contributed by atoms with van der Waals surface area (Å²) >= 11 is 3.31. The summed E-state index contributed by atoms with van der Waals surface area (Å²) in [7, 11) is 0. The molecule has 5 heterocycles. The van der Waals surface area contributed by atoms with Crippen molar-refractivity contribution in [3.8, 4) is 67.0 Å². The fourth-order valence-electron chi connectivity index (χ4n) is 14.9. The van der Waals surface area contributed by atoms with E-state index >= 15 is 0 Å². The number of thiophene rings is 1. The first kappa shape index (κ1) is 45.5. The molecule has 0 atom stereocenters. The number of anilines is 3. The molecule has 0 spiro atoms. The molecule has 3 nitrogen and oxygen atoms in total. The average Bonchev–Trinajstić information content (AvgIpc) is 1.33. The first-order valence-corrected chi connectivity index (χ1v) is 34.7. The van der Waals surface area contributed by atoms with E-state index in [0.29, 0.717) is 22.5 Å². The highest BCUT2D eigenvalue weighted by Crippen LogP contribution is 2.53. The number of rotatable bonds is 8. The van der Waals surface area contributed by atoms with Crippen LogP contribution in [0.5, 0.6) is 0 Å². The average molecular weight is 1300 g/mol. The van der Waals surface area contributed by atoms with Gasteiger partial charge in [0, 0.05) is 85.4 Å². The second-order valence-electron chi connectivity index (χ2n) is 27.7. The maximum absolute atomic E-state index is 10.6. The zero-order valence-electron chi connectivity index (χ0n) is 68.5. The predicted octanol–water partition coefficient (Wildman–Crippen LogP) is 23.9. The fraction of sp³-hybridized carbons (Fsp3) is 0.0870. The Bertz CT molecular complexity index is 6710. The van der Waals surface area contributed by atoms with Gasteiger partial charge >= 0.3 is 0 Å². The van der Waals surface area contributed by atoms with Crippen LogP contribution in [0.15, 0.2) is 313 Å². The molecule has 2 aliphatic heterocycles. The van der Waals surface area contributed by atoms with Crippen LogP contribution in [0.2, 0.25) is 0 Å². The molecule has 98 heavy (non-hydrogen) atoms. The minimum Gasteiger partial charge on any atom is -0.310 e. The van der Waals surface area contributed by atoms with E-state index in [4.69, 9.17) is 5.48 Å². The Morgan fingerprint density at radius 1 is 0.367 bits per heavy atom.